The van der Waals surface area contributed by atoms with E-state index < -0.39 is 0 Å². The lowest BCUT2D eigenvalue weighted by Gasteiger charge is -2.03. The molecule has 1 aromatic heterocycles. The molecule has 0 N–H and O–H groups in total. The van der Waals surface area contributed by atoms with Gasteiger partial charge in [0.15, 0.2) is 6.29 Å². The van der Waals surface area contributed by atoms with Gasteiger partial charge < -0.3 is 0 Å². The van der Waals surface area contributed by atoms with Crippen molar-refractivity contribution in [3.8, 4) is 11.1 Å². The van der Waals surface area contributed by atoms with Crippen molar-refractivity contribution in [3.63, 3.8) is 0 Å². The Balaban J connectivity index is 2.58. The van der Waals surface area contributed by atoms with E-state index in [-0.39, 0.29) is 0 Å². The highest BCUT2D eigenvalue weighted by molar-refractivity contribution is 6.30. The Bertz CT molecular complexity index is 496. The van der Waals surface area contributed by atoms with Crippen LogP contribution in [0.4, 0.5) is 0 Å². The van der Waals surface area contributed by atoms with Gasteiger partial charge in [-0.1, -0.05) is 35.9 Å². The molecule has 15 heavy (non-hydrogen) atoms. The fourth-order valence-electron chi connectivity index (χ4n) is 1.42. The molecule has 0 saturated carbocycles. The Morgan fingerprint density at radius 1 is 1.20 bits per heavy atom. The largest absolute Gasteiger partial charge is 0.298 e. The van der Waals surface area contributed by atoms with Gasteiger partial charge in [-0.05, 0) is 11.6 Å². The van der Waals surface area contributed by atoms with E-state index >= 15 is 0 Å². The summed E-state index contributed by atoms with van der Waals surface area (Å²) in [5, 5.41) is 0.563. The monoisotopic (exact) mass is 217 g/mol. The fraction of sp³-hybridized carbons (Fsp3) is 0. The molecule has 74 valence electrons. The zero-order valence-corrected chi connectivity index (χ0v) is 8.61. The van der Waals surface area contributed by atoms with Gasteiger partial charge in [0.1, 0.15) is 0 Å². The van der Waals surface area contributed by atoms with Crippen molar-refractivity contribution in [1.29, 1.82) is 0 Å². The fourth-order valence-corrected chi connectivity index (χ4v) is 1.60. The van der Waals surface area contributed by atoms with Crippen LogP contribution in [0.5, 0.6) is 0 Å². The number of nitrogens with zero attached hydrogens (tertiary/aromatic N) is 1. The number of benzene rings is 1. The highest BCUT2D eigenvalue weighted by Gasteiger charge is 2.03. The number of hydrogen-bond donors (Lipinski definition) is 0. The first-order valence-corrected chi connectivity index (χ1v) is 4.84. The number of carbonyl (C=O) groups excluding carboxylic acids is 1. The summed E-state index contributed by atoms with van der Waals surface area (Å²) in [5.74, 6) is 0. The van der Waals surface area contributed by atoms with Crippen LogP contribution in [0.3, 0.4) is 0 Å². The number of carbonyl (C=O) groups is 1. The third kappa shape index (κ3) is 2.05. The summed E-state index contributed by atoms with van der Waals surface area (Å²) in [4.78, 5) is 14.8. The predicted molar refractivity (Wildman–Crippen MR) is 60.1 cm³/mol. The summed E-state index contributed by atoms with van der Waals surface area (Å²) in [5.41, 5.74) is 2.34. The van der Waals surface area contributed by atoms with E-state index in [9.17, 15) is 4.79 Å². The zero-order chi connectivity index (χ0) is 10.7. The quantitative estimate of drug-likeness (QED) is 0.723. The summed E-state index contributed by atoms with van der Waals surface area (Å²) in [6.45, 7) is 0. The van der Waals surface area contributed by atoms with Crippen molar-refractivity contribution in [2.24, 2.45) is 0 Å². The van der Waals surface area contributed by atoms with Gasteiger partial charge in [-0.25, -0.2) is 0 Å². The first-order valence-electron chi connectivity index (χ1n) is 4.46. The molecule has 2 nitrogen and oxygen atoms in total. The van der Waals surface area contributed by atoms with E-state index in [1.165, 1.54) is 0 Å². The zero-order valence-electron chi connectivity index (χ0n) is 7.85. The van der Waals surface area contributed by atoms with Crippen molar-refractivity contribution in [2.45, 2.75) is 0 Å². The molecule has 0 bridgehead atoms. The lowest BCUT2D eigenvalue weighted by Crippen LogP contribution is -1.87. The normalized spacial score (nSPS) is 9.93. The summed E-state index contributed by atoms with van der Waals surface area (Å²) < 4.78 is 0. The molecule has 0 aliphatic rings. The van der Waals surface area contributed by atoms with E-state index in [2.05, 4.69) is 4.98 Å². The first-order chi connectivity index (χ1) is 7.31. The van der Waals surface area contributed by atoms with Gasteiger partial charge in [0.25, 0.3) is 0 Å². The second-order valence-corrected chi connectivity index (χ2v) is 3.53. The van der Waals surface area contributed by atoms with E-state index in [1.807, 2.05) is 18.2 Å². The highest BCUT2D eigenvalue weighted by atomic mass is 35.5. The van der Waals surface area contributed by atoms with Crippen molar-refractivity contribution in [2.75, 3.05) is 0 Å². The minimum Gasteiger partial charge on any atom is -0.298 e. The predicted octanol–water partition coefficient (Wildman–Crippen LogP) is 3.21. The van der Waals surface area contributed by atoms with Crippen LogP contribution in [-0.2, 0) is 0 Å². The van der Waals surface area contributed by atoms with E-state index in [4.69, 9.17) is 11.6 Å². The van der Waals surface area contributed by atoms with Crippen molar-refractivity contribution in [3.05, 3.63) is 53.3 Å². The van der Waals surface area contributed by atoms with Crippen molar-refractivity contribution >= 4 is 17.9 Å². The molecule has 0 atom stereocenters. The minimum absolute atomic E-state index is 0.563. The van der Waals surface area contributed by atoms with Crippen LogP contribution in [-0.4, -0.2) is 11.3 Å². The average Bonchev–Trinajstić information content (AvgIpc) is 2.29. The van der Waals surface area contributed by atoms with Gasteiger partial charge >= 0.3 is 0 Å². The van der Waals surface area contributed by atoms with Gasteiger partial charge in [-0.3, -0.25) is 9.78 Å². The number of pyridine rings is 1. The van der Waals surface area contributed by atoms with Crippen LogP contribution >= 0.6 is 11.6 Å². The van der Waals surface area contributed by atoms with Gasteiger partial charge in [0.05, 0.1) is 5.02 Å². The maximum absolute atomic E-state index is 10.8. The molecule has 0 amide bonds. The lowest BCUT2D eigenvalue weighted by atomic mass is 10.0. The first kappa shape index (κ1) is 9.87. The van der Waals surface area contributed by atoms with Crippen LogP contribution in [0.15, 0.2) is 42.7 Å². The molecule has 3 heteroatoms. The molecule has 0 radical (unpaired) electrons. The Kier molecular flexibility index (Phi) is 2.79. The van der Waals surface area contributed by atoms with Crippen LogP contribution in [0.1, 0.15) is 10.4 Å². The third-order valence-corrected chi connectivity index (χ3v) is 2.31. The molecule has 0 spiro atoms. The van der Waals surface area contributed by atoms with Crippen LogP contribution in [0.2, 0.25) is 5.02 Å². The van der Waals surface area contributed by atoms with Gasteiger partial charge in [-0.15, -0.1) is 0 Å². The standard InChI is InChI=1S/C12H8ClNO/c13-11-5-10(6-14-7-11)12-4-2-1-3-9(12)8-15/h1-8H. The topological polar surface area (TPSA) is 30.0 Å². The van der Waals surface area contributed by atoms with Crippen LogP contribution in [0.25, 0.3) is 11.1 Å². The molecule has 0 unspecified atom stereocenters. The van der Waals surface area contributed by atoms with Crippen molar-refractivity contribution in [1.82, 2.24) is 4.98 Å². The molecular formula is C12H8ClNO. The number of aromatic nitrogens is 1. The maximum atomic E-state index is 10.8. The Morgan fingerprint density at radius 2 is 2.00 bits per heavy atom. The van der Waals surface area contributed by atoms with Crippen LogP contribution in [0, 0.1) is 0 Å². The van der Waals surface area contributed by atoms with E-state index in [0.717, 1.165) is 17.4 Å². The number of halogens is 1. The number of rotatable bonds is 2. The third-order valence-electron chi connectivity index (χ3n) is 2.10. The summed E-state index contributed by atoms with van der Waals surface area (Å²) in [6.07, 6.45) is 4.08. The van der Waals surface area contributed by atoms with Gasteiger partial charge in [0, 0.05) is 23.5 Å². The summed E-state index contributed by atoms with van der Waals surface area (Å²) in [7, 11) is 0. The number of hydrogen-bond acceptors (Lipinski definition) is 2. The Labute approximate surface area is 92.5 Å². The minimum atomic E-state index is 0.563. The van der Waals surface area contributed by atoms with Crippen molar-refractivity contribution < 1.29 is 4.79 Å². The Hall–Kier alpha value is -1.67. The lowest BCUT2D eigenvalue weighted by molar-refractivity contribution is 0.112. The summed E-state index contributed by atoms with van der Waals surface area (Å²) in [6, 6.07) is 9.13. The van der Waals surface area contributed by atoms with Crippen LogP contribution < -0.4 is 0 Å². The smallest absolute Gasteiger partial charge is 0.150 e. The molecule has 2 aromatic rings. The molecule has 1 aromatic carbocycles. The SMILES string of the molecule is O=Cc1ccccc1-c1cncc(Cl)c1. The molecule has 0 aliphatic heterocycles. The second kappa shape index (κ2) is 4.24. The van der Waals surface area contributed by atoms with Gasteiger partial charge in [-0.2, -0.15) is 0 Å². The second-order valence-electron chi connectivity index (χ2n) is 3.10. The summed E-state index contributed by atoms with van der Waals surface area (Å²) >= 11 is 5.84. The maximum Gasteiger partial charge on any atom is 0.150 e. The molecule has 2 rings (SSSR count). The molecule has 1 heterocycles. The van der Waals surface area contributed by atoms with E-state index in [1.54, 1.807) is 24.5 Å². The average molecular weight is 218 g/mol. The Morgan fingerprint density at radius 3 is 2.73 bits per heavy atom. The molecule has 0 fully saturated rings. The van der Waals surface area contributed by atoms with Gasteiger partial charge in [0.2, 0.25) is 0 Å². The van der Waals surface area contributed by atoms with E-state index in [0.29, 0.717) is 10.6 Å². The molecular weight excluding hydrogens is 210 g/mol. The molecule has 0 aliphatic carbocycles. The number of aldehydes is 1. The molecule has 0 saturated heterocycles. The highest BCUT2D eigenvalue weighted by Crippen LogP contribution is 2.23.